The highest BCUT2D eigenvalue weighted by atomic mass is 35.5. The van der Waals surface area contributed by atoms with Crippen molar-refractivity contribution < 1.29 is 17.8 Å². The average Bonchev–Trinajstić information content (AvgIpc) is 2.92. The number of hydrogen-bond donors (Lipinski definition) is 1. The molecule has 1 atom stereocenters. The number of hydrogen-bond acceptors (Lipinski definition) is 5. The molecule has 1 N–H and O–H groups in total. The Labute approximate surface area is 125 Å². The Balaban J connectivity index is 2.32. The van der Waals surface area contributed by atoms with Crippen LogP contribution >= 0.6 is 11.6 Å². The summed E-state index contributed by atoms with van der Waals surface area (Å²) in [5, 5.41) is 10.7. The van der Waals surface area contributed by atoms with E-state index >= 15 is 0 Å². The fourth-order valence-corrected chi connectivity index (χ4v) is 3.11. The molecular formula is C12H11ClN2O5S. The minimum absolute atomic E-state index is 0.127. The molecule has 2 rings (SSSR count). The van der Waals surface area contributed by atoms with E-state index in [-0.39, 0.29) is 9.92 Å². The van der Waals surface area contributed by atoms with Crippen LogP contribution in [-0.4, -0.2) is 13.3 Å². The predicted molar refractivity (Wildman–Crippen MR) is 75.6 cm³/mol. The maximum atomic E-state index is 12.2. The monoisotopic (exact) mass is 330 g/mol. The summed E-state index contributed by atoms with van der Waals surface area (Å²) in [6.07, 6.45) is 1.42. The van der Waals surface area contributed by atoms with E-state index in [4.69, 9.17) is 16.0 Å². The lowest BCUT2D eigenvalue weighted by Crippen LogP contribution is -2.26. The van der Waals surface area contributed by atoms with Gasteiger partial charge in [-0.05, 0) is 31.2 Å². The zero-order valence-corrected chi connectivity index (χ0v) is 12.4. The molecule has 0 fully saturated rings. The van der Waals surface area contributed by atoms with Crippen molar-refractivity contribution in [3.8, 4) is 0 Å². The molecule has 7 nitrogen and oxygen atoms in total. The smallest absolute Gasteiger partial charge is 0.289 e. The Bertz CT molecular complexity index is 758. The third kappa shape index (κ3) is 3.41. The number of nitrogens with one attached hydrogen (secondary N) is 1. The van der Waals surface area contributed by atoms with Gasteiger partial charge in [0.2, 0.25) is 10.0 Å². The van der Waals surface area contributed by atoms with Crippen LogP contribution in [0.2, 0.25) is 5.02 Å². The molecular weight excluding hydrogens is 320 g/mol. The van der Waals surface area contributed by atoms with E-state index in [0.29, 0.717) is 5.76 Å². The second-order valence-electron chi connectivity index (χ2n) is 4.23. The summed E-state index contributed by atoms with van der Waals surface area (Å²) in [5.74, 6) is 0.432. The first-order chi connectivity index (χ1) is 9.81. The predicted octanol–water partition coefficient (Wildman–Crippen LogP) is 2.88. The molecule has 0 bridgehead atoms. The first kappa shape index (κ1) is 15.5. The largest absolute Gasteiger partial charge is 0.468 e. The zero-order chi connectivity index (χ0) is 15.6. The van der Waals surface area contributed by atoms with Crippen LogP contribution in [0.3, 0.4) is 0 Å². The molecule has 0 aliphatic rings. The van der Waals surface area contributed by atoms with Crippen molar-refractivity contribution in [2.24, 2.45) is 0 Å². The SMILES string of the molecule is C[C@H](NS(=O)(=O)c1ccc(Cl)c([N+](=O)[O-])c1)c1ccco1. The average molecular weight is 331 g/mol. The molecule has 21 heavy (non-hydrogen) atoms. The molecule has 0 unspecified atom stereocenters. The Morgan fingerprint density at radius 1 is 1.38 bits per heavy atom. The van der Waals surface area contributed by atoms with Crippen LogP contribution < -0.4 is 4.72 Å². The molecule has 0 saturated carbocycles. The molecule has 0 saturated heterocycles. The normalized spacial score (nSPS) is 13.0. The van der Waals surface area contributed by atoms with Crippen LogP contribution in [0, 0.1) is 10.1 Å². The Hall–Kier alpha value is -1.90. The number of halogens is 1. The first-order valence-corrected chi connectivity index (χ1v) is 7.67. The topological polar surface area (TPSA) is 102 Å². The van der Waals surface area contributed by atoms with Gasteiger partial charge < -0.3 is 4.42 Å². The second-order valence-corrected chi connectivity index (χ2v) is 6.35. The van der Waals surface area contributed by atoms with Crippen LogP contribution in [0.15, 0.2) is 45.9 Å². The van der Waals surface area contributed by atoms with Crippen LogP contribution in [-0.2, 0) is 10.0 Å². The van der Waals surface area contributed by atoms with Crippen molar-refractivity contribution in [3.05, 3.63) is 57.5 Å². The van der Waals surface area contributed by atoms with Crippen molar-refractivity contribution in [3.63, 3.8) is 0 Å². The molecule has 0 radical (unpaired) electrons. The van der Waals surface area contributed by atoms with Crippen LogP contribution in [0.4, 0.5) is 5.69 Å². The van der Waals surface area contributed by atoms with Gasteiger partial charge in [-0.3, -0.25) is 10.1 Å². The molecule has 0 amide bonds. The summed E-state index contributed by atoms with van der Waals surface area (Å²) in [4.78, 5) is 9.82. The summed E-state index contributed by atoms with van der Waals surface area (Å²) in [6, 6.07) is 5.93. The third-order valence-electron chi connectivity index (χ3n) is 2.73. The summed E-state index contributed by atoms with van der Waals surface area (Å²) >= 11 is 5.66. The summed E-state index contributed by atoms with van der Waals surface area (Å²) < 4.78 is 31.9. The van der Waals surface area contributed by atoms with E-state index in [9.17, 15) is 18.5 Å². The quantitative estimate of drug-likeness (QED) is 0.670. The van der Waals surface area contributed by atoms with Crippen molar-refractivity contribution in [2.45, 2.75) is 17.9 Å². The number of furan rings is 1. The molecule has 1 aromatic heterocycles. The molecule has 0 spiro atoms. The Kier molecular flexibility index (Phi) is 4.31. The highest BCUT2D eigenvalue weighted by Crippen LogP contribution is 2.27. The van der Waals surface area contributed by atoms with E-state index in [1.54, 1.807) is 19.1 Å². The van der Waals surface area contributed by atoms with Gasteiger partial charge in [-0.15, -0.1) is 0 Å². The molecule has 0 aliphatic carbocycles. The zero-order valence-electron chi connectivity index (χ0n) is 10.8. The second kappa shape index (κ2) is 5.84. The summed E-state index contributed by atoms with van der Waals surface area (Å²) in [6.45, 7) is 1.60. The van der Waals surface area contributed by atoms with E-state index < -0.39 is 26.7 Å². The highest BCUT2D eigenvalue weighted by Gasteiger charge is 2.23. The maximum absolute atomic E-state index is 12.2. The summed E-state index contributed by atoms with van der Waals surface area (Å²) in [7, 11) is -3.93. The van der Waals surface area contributed by atoms with Crippen molar-refractivity contribution in [1.82, 2.24) is 4.72 Å². The molecule has 1 heterocycles. The van der Waals surface area contributed by atoms with Gasteiger partial charge in [-0.1, -0.05) is 11.6 Å². The minimum Gasteiger partial charge on any atom is -0.468 e. The van der Waals surface area contributed by atoms with E-state index in [0.717, 1.165) is 6.07 Å². The van der Waals surface area contributed by atoms with Crippen LogP contribution in [0.1, 0.15) is 18.7 Å². The molecule has 112 valence electrons. The third-order valence-corrected chi connectivity index (χ3v) is 4.58. The van der Waals surface area contributed by atoms with Crippen LogP contribution in [0.5, 0.6) is 0 Å². The number of sulfonamides is 1. The van der Waals surface area contributed by atoms with Gasteiger partial charge in [0.1, 0.15) is 10.8 Å². The first-order valence-electron chi connectivity index (χ1n) is 5.81. The number of nitro benzene ring substituents is 1. The fraction of sp³-hybridized carbons (Fsp3) is 0.167. The molecule has 1 aromatic carbocycles. The number of rotatable bonds is 5. The Morgan fingerprint density at radius 2 is 2.10 bits per heavy atom. The van der Waals surface area contributed by atoms with Gasteiger partial charge in [-0.25, -0.2) is 13.1 Å². The van der Waals surface area contributed by atoms with E-state index in [2.05, 4.69) is 4.72 Å². The number of nitro groups is 1. The fourth-order valence-electron chi connectivity index (χ4n) is 1.70. The molecule has 9 heteroatoms. The minimum atomic E-state index is -3.93. The summed E-state index contributed by atoms with van der Waals surface area (Å²) in [5.41, 5.74) is -0.467. The number of benzene rings is 1. The molecule has 0 aliphatic heterocycles. The van der Waals surface area contributed by atoms with E-state index in [1.807, 2.05) is 0 Å². The van der Waals surface area contributed by atoms with Gasteiger partial charge in [-0.2, -0.15) is 0 Å². The van der Waals surface area contributed by atoms with Gasteiger partial charge in [0.15, 0.2) is 0 Å². The van der Waals surface area contributed by atoms with Gasteiger partial charge in [0.25, 0.3) is 5.69 Å². The maximum Gasteiger partial charge on any atom is 0.289 e. The lowest BCUT2D eigenvalue weighted by molar-refractivity contribution is -0.384. The van der Waals surface area contributed by atoms with Gasteiger partial charge >= 0.3 is 0 Å². The van der Waals surface area contributed by atoms with Crippen molar-refractivity contribution in [2.75, 3.05) is 0 Å². The van der Waals surface area contributed by atoms with Crippen molar-refractivity contribution >= 4 is 27.3 Å². The highest BCUT2D eigenvalue weighted by molar-refractivity contribution is 7.89. The Morgan fingerprint density at radius 3 is 2.67 bits per heavy atom. The molecule has 2 aromatic rings. The van der Waals surface area contributed by atoms with Gasteiger partial charge in [0, 0.05) is 6.07 Å². The number of nitrogens with zero attached hydrogens (tertiary/aromatic N) is 1. The lowest BCUT2D eigenvalue weighted by atomic mass is 10.3. The standard InChI is InChI=1S/C12H11ClN2O5S/c1-8(12-3-2-6-20-12)14-21(18,19)9-4-5-10(13)11(7-9)15(16)17/h2-8,14H,1H3/t8-/m0/s1. The lowest BCUT2D eigenvalue weighted by Gasteiger charge is -2.12. The van der Waals surface area contributed by atoms with Crippen molar-refractivity contribution in [1.29, 1.82) is 0 Å². The van der Waals surface area contributed by atoms with Crippen LogP contribution in [0.25, 0.3) is 0 Å². The van der Waals surface area contributed by atoms with Gasteiger partial charge in [0.05, 0.1) is 22.1 Å². The van der Waals surface area contributed by atoms with E-state index in [1.165, 1.54) is 18.4 Å².